The third-order valence-electron chi connectivity index (χ3n) is 5.36. The van der Waals surface area contributed by atoms with E-state index in [1.54, 1.807) is 42.5 Å². The van der Waals surface area contributed by atoms with E-state index in [1.807, 2.05) is 0 Å². The van der Waals surface area contributed by atoms with Gasteiger partial charge in [0.1, 0.15) is 5.75 Å². The first kappa shape index (κ1) is 21.8. The summed E-state index contributed by atoms with van der Waals surface area (Å²) in [7, 11) is 1.51. The normalized spacial score (nSPS) is 17.9. The molecule has 0 radical (unpaired) electrons. The summed E-state index contributed by atoms with van der Waals surface area (Å²) in [6.07, 6.45) is 1.94. The Morgan fingerprint density at radius 1 is 1.17 bits per heavy atom. The molecular formula is C22H24ClN3O4. The summed E-state index contributed by atoms with van der Waals surface area (Å²) in [4.78, 5) is 39.3. The maximum Gasteiger partial charge on any atom is 0.261 e. The Labute approximate surface area is 181 Å². The maximum absolute atomic E-state index is 12.8. The minimum atomic E-state index is -0.319. The number of amides is 3. The van der Waals surface area contributed by atoms with Crippen LogP contribution >= 0.6 is 12.4 Å². The minimum absolute atomic E-state index is 0. The highest BCUT2D eigenvalue weighted by Gasteiger charge is 2.35. The number of halogens is 1. The highest BCUT2D eigenvalue weighted by Crippen LogP contribution is 2.26. The third-order valence-corrected chi connectivity index (χ3v) is 5.36. The van der Waals surface area contributed by atoms with E-state index in [1.165, 1.54) is 12.0 Å². The van der Waals surface area contributed by atoms with Crippen LogP contribution in [-0.4, -0.2) is 48.9 Å². The van der Waals surface area contributed by atoms with E-state index in [0.29, 0.717) is 28.0 Å². The van der Waals surface area contributed by atoms with Gasteiger partial charge >= 0.3 is 0 Å². The van der Waals surface area contributed by atoms with Gasteiger partial charge in [0, 0.05) is 12.6 Å². The van der Waals surface area contributed by atoms with Crippen LogP contribution in [0, 0.1) is 0 Å². The molecule has 30 heavy (non-hydrogen) atoms. The average molecular weight is 430 g/mol. The summed E-state index contributed by atoms with van der Waals surface area (Å²) in [5.74, 6) is -0.404. The number of fused-ring (bicyclic) bond motifs is 1. The number of imide groups is 1. The molecule has 2 aliphatic rings. The number of ether oxygens (including phenoxy) is 1. The van der Waals surface area contributed by atoms with Gasteiger partial charge in [-0.3, -0.25) is 19.3 Å². The number of carbonyl (C=O) groups is 3. The number of hydrogen-bond donors (Lipinski definition) is 2. The molecule has 0 aromatic heterocycles. The van der Waals surface area contributed by atoms with Crippen LogP contribution in [-0.2, 0) is 6.54 Å². The number of benzene rings is 2. The molecule has 1 atom stereocenters. The van der Waals surface area contributed by atoms with E-state index in [2.05, 4.69) is 10.6 Å². The second-order valence-corrected chi connectivity index (χ2v) is 7.29. The van der Waals surface area contributed by atoms with E-state index in [-0.39, 0.29) is 42.7 Å². The van der Waals surface area contributed by atoms with Gasteiger partial charge in [-0.2, -0.15) is 0 Å². The predicted octanol–water partition coefficient (Wildman–Crippen LogP) is 2.40. The molecule has 8 heteroatoms. The summed E-state index contributed by atoms with van der Waals surface area (Å²) in [6.45, 7) is 1.80. The molecule has 1 fully saturated rings. The molecule has 2 N–H and O–H groups in total. The molecule has 2 aromatic rings. The molecule has 1 saturated heterocycles. The number of nitrogens with one attached hydrogen (secondary N) is 2. The fourth-order valence-electron chi connectivity index (χ4n) is 3.83. The van der Waals surface area contributed by atoms with Crippen molar-refractivity contribution in [3.05, 3.63) is 64.7 Å². The zero-order valence-electron chi connectivity index (χ0n) is 16.6. The van der Waals surface area contributed by atoms with Crippen molar-refractivity contribution in [2.45, 2.75) is 25.4 Å². The monoisotopic (exact) mass is 429 g/mol. The molecule has 3 amide bonds. The van der Waals surface area contributed by atoms with Gasteiger partial charge in [0.05, 0.1) is 30.3 Å². The maximum atomic E-state index is 12.8. The highest BCUT2D eigenvalue weighted by molar-refractivity contribution is 6.21. The quantitative estimate of drug-likeness (QED) is 0.712. The molecule has 4 rings (SSSR count). The van der Waals surface area contributed by atoms with E-state index < -0.39 is 0 Å². The Kier molecular flexibility index (Phi) is 6.74. The van der Waals surface area contributed by atoms with Gasteiger partial charge in [-0.05, 0) is 49.2 Å². The lowest BCUT2D eigenvalue weighted by Crippen LogP contribution is -2.45. The van der Waals surface area contributed by atoms with Crippen molar-refractivity contribution < 1.29 is 19.1 Å². The van der Waals surface area contributed by atoms with Gasteiger partial charge in [-0.15, -0.1) is 12.4 Å². The molecule has 7 nitrogen and oxygen atoms in total. The van der Waals surface area contributed by atoms with Crippen LogP contribution in [0.25, 0.3) is 0 Å². The number of carbonyl (C=O) groups excluding carboxylic acids is 3. The van der Waals surface area contributed by atoms with Gasteiger partial charge < -0.3 is 15.4 Å². The Bertz CT molecular complexity index is 938. The first-order valence-electron chi connectivity index (χ1n) is 9.72. The fraction of sp³-hybridized carbons (Fsp3) is 0.318. The van der Waals surface area contributed by atoms with Crippen molar-refractivity contribution in [2.75, 3.05) is 20.2 Å². The van der Waals surface area contributed by atoms with Crippen molar-refractivity contribution in [1.82, 2.24) is 15.5 Å². The molecule has 0 aliphatic carbocycles. The Morgan fingerprint density at radius 3 is 2.47 bits per heavy atom. The molecule has 2 heterocycles. The van der Waals surface area contributed by atoms with Gasteiger partial charge in [0.25, 0.3) is 17.7 Å². The molecule has 0 bridgehead atoms. The number of nitrogens with zero attached hydrogens (tertiary/aromatic N) is 1. The first-order chi connectivity index (χ1) is 14.1. The third kappa shape index (κ3) is 4.17. The molecule has 2 aromatic carbocycles. The van der Waals surface area contributed by atoms with Gasteiger partial charge in [-0.1, -0.05) is 18.2 Å². The van der Waals surface area contributed by atoms with Crippen molar-refractivity contribution >= 4 is 30.1 Å². The van der Waals surface area contributed by atoms with E-state index in [9.17, 15) is 14.4 Å². The topological polar surface area (TPSA) is 87.7 Å². The van der Waals surface area contributed by atoms with Crippen LogP contribution in [0.1, 0.15) is 49.5 Å². The van der Waals surface area contributed by atoms with Gasteiger partial charge in [-0.25, -0.2) is 0 Å². The minimum Gasteiger partial charge on any atom is -0.496 e. The SMILES string of the molecule is COc1ccc(CN2C(=O)c3ccccc3C2=O)cc1C(=O)NC1CCCNC1.Cl. The van der Waals surface area contributed by atoms with Crippen molar-refractivity contribution in [3.8, 4) is 5.75 Å². The molecule has 2 aliphatic heterocycles. The van der Waals surface area contributed by atoms with Crippen molar-refractivity contribution in [3.63, 3.8) is 0 Å². The summed E-state index contributed by atoms with van der Waals surface area (Å²) in [5.41, 5.74) is 1.90. The summed E-state index contributed by atoms with van der Waals surface area (Å²) in [6, 6.07) is 12.0. The molecular weight excluding hydrogens is 406 g/mol. The number of piperidine rings is 1. The Morgan fingerprint density at radius 2 is 1.87 bits per heavy atom. The Balaban J connectivity index is 0.00000256. The molecule has 0 spiro atoms. The van der Waals surface area contributed by atoms with Gasteiger partial charge in [0.15, 0.2) is 0 Å². The number of hydrogen-bond acceptors (Lipinski definition) is 5. The van der Waals surface area contributed by atoms with Crippen LogP contribution in [0.15, 0.2) is 42.5 Å². The van der Waals surface area contributed by atoms with E-state index in [0.717, 1.165) is 25.9 Å². The second-order valence-electron chi connectivity index (χ2n) is 7.29. The smallest absolute Gasteiger partial charge is 0.261 e. The zero-order chi connectivity index (χ0) is 20.4. The van der Waals surface area contributed by atoms with Crippen LogP contribution in [0.4, 0.5) is 0 Å². The summed E-state index contributed by atoms with van der Waals surface area (Å²) < 4.78 is 5.35. The molecule has 1 unspecified atom stereocenters. The summed E-state index contributed by atoms with van der Waals surface area (Å²) in [5, 5.41) is 6.30. The average Bonchev–Trinajstić information content (AvgIpc) is 2.99. The lowest BCUT2D eigenvalue weighted by Gasteiger charge is -2.24. The predicted molar refractivity (Wildman–Crippen MR) is 114 cm³/mol. The van der Waals surface area contributed by atoms with Gasteiger partial charge in [0.2, 0.25) is 0 Å². The lowest BCUT2D eigenvalue weighted by atomic mass is 10.1. The molecule has 0 saturated carbocycles. The fourth-order valence-corrected chi connectivity index (χ4v) is 3.83. The van der Waals surface area contributed by atoms with Crippen LogP contribution in [0.3, 0.4) is 0 Å². The highest BCUT2D eigenvalue weighted by atomic mass is 35.5. The number of methoxy groups -OCH3 is 1. The van der Waals surface area contributed by atoms with Crippen molar-refractivity contribution in [2.24, 2.45) is 0 Å². The summed E-state index contributed by atoms with van der Waals surface area (Å²) >= 11 is 0. The Hall–Kier alpha value is -2.90. The molecule has 158 valence electrons. The van der Waals surface area contributed by atoms with Crippen molar-refractivity contribution in [1.29, 1.82) is 0 Å². The van der Waals surface area contributed by atoms with Crippen LogP contribution in [0.2, 0.25) is 0 Å². The number of rotatable bonds is 5. The van der Waals surface area contributed by atoms with E-state index >= 15 is 0 Å². The standard InChI is InChI=1S/C22H23N3O4.ClH/c1-29-19-9-8-14(11-18(19)20(26)24-15-5-4-10-23-12-15)13-25-21(27)16-6-2-3-7-17(16)22(25)28;/h2-3,6-9,11,15,23H,4-5,10,12-13H2,1H3,(H,24,26);1H. The first-order valence-corrected chi connectivity index (χ1v) is 9.72. The van der Waals surface area contributed by atoms with Crippen LogP contribution < -0.4 is 15.4 Å². The van der Waals surface area contributed by atoms with E-state index in [4.69, 9.17) is 4.74 Å². The second kappa shape index (κ2) is 9.28. The van der Waals surface area contributed by atoms with Crippen LogP contribution in [0.5, 0.6) is 5.75 Å². The lowest BCUT2D eigenvalue weighted by molar-refractivity contribution is 0.0642. The largest absolute Gasteiger partial charge is 0.496 e. The zero-order valence-corrected chi connectivity index (χ0v) is 17.5.